The van der Waals surface area contributed by atoms with Gasteiger partial charge < -0.3 is 14.7 Å². The molecule has 2 aromatic heterocycles. The van der Waals surface area contributed by atoms with E-state index >= 15 is 0 Å². The highest BCUT2D eigenvalue weighted by atomic mass is 16.2. The molecule has 6 nitrogen and oxygen atoms in total. The van der Waals surface area contributed by atoms with Crippen molar-refractivity contribution < 1.29 is 4.79 Å². The van der Waals surface area contributed by atoms with E-state index < -0.39 is 0 Å². The molecular weight excluding hydrogens is 446 g/mol. The fourth-order valence-corrected chi connectivity index (χ4v) is 6.98. The van der Waals surface area contributed by atoms with Gasteiger partial charge >= 0.3 is 0 Å². The minimum absolute atomic E-state index is 0.331. The first-order valence-electron chi connectivity index (χ1n) is 14.0. The minimum atomic E-state index is 0.331. The van der Waals surface area contributed by atoms with Crippen LogP contribution in [-0.2, 0) is 4.79 Å². The molecule has 4 fully saturated rings. The summed E-state index contributed by atoms with van der Waals surface area (Å²) < 4.78 is 2.01. The molecule has 1 unspecified atom stereocenters. The van der Waals surface area contributed by atoms with Crippen LogP contribution in [0.1, 0.15) is 44.1 Å². The summed E-state index contributed by atoms with van der Waals surface area (Å²) in [7, 11) is 0. The van der Waals surface area contributed by atoms with E-state index in [0.717, 1.165) is 50.0 Å². The van der Waals surface area contributed by atoms with E-state index in [-0.39, 0.29) is 0 Å². The first-order chi connectivity index (χ1) is 17.7. The number of fused-ring (bicyclic) bond motifs is 2. The Labute approximate surface area is 213 Å². The summed E-state index contributed by atoms with van der Waals surface area (Å²) in [5.74, 6) is 3.03. The number of likely N-dealkylation sites (tertiary alicyclic amines) is 1. The van der Waals surface area contributed by atoms with Crippen LogP contribution in [-0.4, -0.2) is 71.1 Å². The molecule has 1 aromatic carbocycles. The van der Waals surface area contributed by atoms with Gasteiger partial charge in [-0.15, -0.1) is 0 Å². The number of carbonyl (C=O) groups is 1. The van der Waals surface area contributed by atoms with E-state index in [1.54, 1.807) is 0 Å². The van der Waals surface area contributed by atoms with Crippen molar-refractivity contribution in [3.8, 4) is 11.1 Å². The van der Waals surface area contributed by atoms with Gasteiger partial charge in [0, 0.05) is 50.1 Å². The zero-order chi connectivity index (χ0) is 24.2. The maximum absolute atomic E-state index is 12.9. The lowest BCUT2D eigenvalue weighted by atomic mass is 9.84. The second-order valence-electron chi connectivity index (χ2n) is 11.4. The third-order valence-electron chi connectivity index (χ3n) is 9.54. The number of piperazine rings is 1. The number of piperidine rings is 1. The van der Waals surface area contributed by atoms with Crippen molar-refractivity contribution in [3.05, 3.63) is 54.4 Å². The van der Waals surface area contributed by atoms with E-state index in [2.05, 4.69) is 69.3 Å². The summed E-state index contributed by atoms with van der Waals surface area (Å²) in [4.78, 5) is 20.0. The summed E-state index contributed by atoms with van der Waals surface area (Å²) in [6.45, 7) is 9.28. The van der Waals surface area contributed by atoms with Crippen molar-refractivity contribution in [2.45, 2.75) is 38.5 Å². The van der Waals surface area contributed by atoms with E-state index in [1.807, 2.05) is 10.7 Å². The minimum Gasteiger partial charge on any atom is -0.366 e. The quantitative estimate of drug-likeness (QED) is 0.536. The molecule has 6 heteroatoms. The van der Waals surface area contributed by atoms with E-state index in [4.69, 9.17) is 0 Å². The number of rotatable bonds is 5. The van der Waals surface area contributed by atoms with Crippen molar-refractivity contribution in [3.63, 3.8) is 0 Å². The SMILES string of the molecule is CCN1CCC(c2ccc(-c3cc4c(N5CCN(C(=O)[C@@H]6C[C@@H]7CC76)CC5)ccnn4c3)cc2)CC1. The Morgan fingerprint density at radius 2 is 1.72 bits per heavy atom. The summed E-state index contributed by atoms with van der Waals surface area (Å²) >= 11 is 0. The molecule has 36 heavy (non-hydrogen) atoms. The Kier molecular flexibility index (Phi) is 5.53. The van der Waals surface area contributed by atoms with Crippen molar-refractivity contribution in [2.75, 3.05) is 50.7 Å². The van der Waals surface area contributed by atoms with Crippen molar-refractivity contribution in [2.24, 2.45) is 17.8 Å². The zero-order valence-corrected chi connectivity index (χ0v) is 21.4. The molecule has 3 aromatic rings. The summed E-state index contributed by atoms with van der Waals surface area (Å²) in [5, 5.41) is 4.61. The van der Waals surface area contributed by atoms with Crippen molar-refractivity contribution in [1.29, 1.82) is 0 Å². The number of carbonyl (C=O) groups excluding carboxylic acids is 1. The van der Waals surface area contributed by atoms with Crippen LogP contribution in [0.15, 0.2) is 48.8 Å². The van der Waals surface area contributed by atoms with Crippen LogP contribution < -0.4 is 4.90 Å². The number of amides is 1. The normalized spacial score (nSPS) is 26.6. The maximum Gasteiger partial charge on any atom is 0.226 e. The molecule has 7 rings (SSSR count). The summed E-state index contributed by atoms with van der Waals surface area (Å²) in [5.41, 5.74) is 6.29. The third-order valence-corrected chi connectivity index (χ3v) is 9.54. The van der Waals surface area contributed by atoms with Gasteiger partial charge in [-0.3, -0.25) is 4.79 Å². The number of nitrogens with zero attached hydrogens (tertiary/aromatic N) is 5. The molecule has 2 aliphatic carbocycles. The van der Waals surface area contributed by atoms with Gasteiger partial charge in [0.1, 0.15) is 0 Å². The number of benzene rings is 1. The van der Waals surface area contributed by atoms with Gasteiger partial charge in [-0.2, -0.15) is 5.10 Å². The predicted octanol–water partition coefficient (Wildman–Crippen LogP) is 4.51. The summed E-state index contributed by atoms with van der Waals surface area (Å²) in [6, 6.07) is 13.6. The number of anilines is 1. The van der Waals surface area contributed by atoms with Gasteiger partial charge in [-0.1, -0.05) is 31.2 Å². The van der Waals surface area contributed by atoms with Crippen LogP contribution in [0.2, 0.25) is 0 Å². The van der Waals surface area contributed by atoms with Crippen LogP contribution in [0.3, 0.4) is 0 Å². The average molecular weight is 484 g/mol. The second-order valence-corrected chi connectivity index (χ2v) is 11.4. The second kappa shape index (κ2) is 8.91. The van der Waals surface area contributed by atoms with Crippen LogP contribution in [0.25, 0.3) is 16.6 Å². The zero-order valence-electron chi connectivity index (χ0n) is 21.4. The molecule has 2 saturated heterocycles. The maximum atomic E-state index is 12.9. The van der Waals surface area contributed by atoms with Crippen LogP contribution in [0.4, 0.5) is 5.69 Å². The highest BCUT2D eigenvalue weighted by molar-refractivity contribution is 5.82. The van der Waals surface area contributed by atoms with E-state index in [1.165, 1.54) is 61.3 Å². The van der Waals surface area contributed by atoms with Gasteiger partial charge in [0.2, 0.25) is 5.91 Å². The molecule has 0 N–H and O–H groups in total. The van der Waals surface area contributed by atoms with Crippen molar-refractivity contribution in [1.82, 2.24) is 19.4 Å². The largest absolute Gasteiger partial charge is 0.366 e. The Morgan fingerprint density at radius 1 is 0.944 bits per heavy atom. The Morgan fingerprint density at radius 3 is 2.39 bits per heavy atom. The third kappa shape index (κ3) is 3.90. The average Bonchev–Trinajstić information content (AvgIpc) is 3.36. The number of hydrogen-bond donors (Lipinski definition) is 0. The molecule has 4 aliphatic rings. The Balaban J connectivity index is 1.05. The topological polar surface area (TPSA) is 44.1 Å². The van der Waals surface area contributed by atoms with E-state index in [9.17, 15) is 4.79 Å². The fraction of sp³-hybridized carbons (Fsp3) is 0.533. The molecule has 4 heterocycles. The van der Waals surface area contributed by atoms with Crippen molar-refractivity contribution >= 4 is 17.1 Å². The van der Waals surface area contributed by atoms with Crippen LogP contribution >= 0.6 is 0 Å². The Bertz CT molecular complexity index is 1250. The number of hydrogen-bond acceptors (Lipinski definition) is 4. The predicted molar refractivity (Wildman–Crippen MR) is 143 cm³/mol. The van der Waals surface area contributed by atoms with Gasteiger partial charge in [0.15, 0.2) is 0 Å². The highest BCUT2D eigenvalue weighted by Crippen LogP contribution is 2.60. The lowest BCUT2D eigenvalue weighted by Crippen LogP contribution is -2.51. The highest BCUT2D eigenvalue weighted by Gasteiger charge is 2.57. The standard InChI is InChI=1S/C30H37N5O/c1-2-32-11-8-23(9-12-32)21-3-5-22(6-4-21)25-19-29-28(7-10-31-35(29)20-25)33-13-15-34(16-14-33)30(36)27-18-24-17-26(24)27/h3-7,10,19-20,23-24,26-27H,2,8-9,11-18H2,1H3/t24-,26?,27+/m0/s1. The molecule has 1 amide bonds. The molecule has 0 spiro atoms. The Hall–Kier alpha value is -2.86. The van der Waals surface area contributed by atoms with Gasteiger partial charge in [0.25, 0.3) is 0 Å². The lowest BCUT2D eigenvalue weighted by molar-refractivity contribution is -0.139. The van der Waals surface area contributed by atoms with Gasteiger partial charge in [-0.05, 0) is 86.3 Å². The molecule has 0 bridgehead atoms. The molecule has 0 radical (unpaired) electrons. The van der Waals surface area contributed by atoms with Crippen LogP contribution in [0, 0.1) is 17.8 Å². The van der Waals surface area contributed by atoms with E-state index in [0.29, 0.717) is 17.7 Å². The van der Waals surface area contributed by atoms with Gasteiger partial charge in [-0.25, -0.2) is 4.52 Å². The molecule has 2 aliphatic heterocycles. The first kappa shape index (κ1) is 22.3. The van der Waals surface area contributed by atoms with Gasteiger partial charge in [0.05, 0.1) is 11.2 Å². The molecular formula is C30H37N5O. The van der Waals surface area contributed by atoms with Crippen LogP contribution in [0.5, 0.6) is 0 Å². The molecule has 2 saturated carbocycles. The monoisotopic (exact) mass is 483 g/mol. The molecule has 188 valence electrons. The fourth-order valence-electron chi connectivity index (χ4n) is 6.98. The lowest BCUT2D eigenvalue weighted by Gasteiger charge is -2.39. The molecule has 3 atom stereocenters. The summed E-state index contributed by atoms with van der Waals surface area (Å²) in [6.07, 6.45) is 9.00. The first-order valence-corrected chi connectivity index (χ1v) is 14.0. The smallest absolute Gasteiger partial charge is 0.226 e. The number of aromatic nitrogens is 2.